The van der Waals surface area contributed by atoms with Gasteiger partial charge in [0, 0.05) is 31.6 Å². The van der Waals surface area contributed by atoms with Crippen molar-refractivity contribution in [1.29, 1.82) is 0 Å². The molecule has 5 heteroatoms. The van der Waals surface area contributed by atoms with E-state index in [2.05, 4.69) is 17.0 Å². The van der Waals surface area contributed by atoms with E-state index in [-0.39, 0.29) is 5.91 Å². The fourth-order valence-corrected chi connectivity index (χ4v) is 2.44. The van der Waals surface area contributed by atoms with Gasteiger partial charge >= 0.3 is 0 Å². The number of hydrogen-bond donors (Lipinski definition) is 0. The van der Waals surface area contributed by atoms with E-state index in [9.17, 15) is 4.79 Å². The third-order valence-electron chi connectivity index (χ3n) is 3.69. The Morgan fingerprint density at radius 2 is 1.95 bits per heavy atom. The van der Waals surface area contributed by atoms with E-state index < -0.39 is 0 Å². The van der Waals surface area contributed by atoms with Crippen molar-refractivity contribution in [3.8, 4) is 0 Å². The second kappa shape index (κ2) is 5.01. The molecule has 5 nitrogen and oxygen atoms in total. The summed E-state index contributed by atoms with van der Waals surface area (Å²) in [5, 5.41) is 5.38. The summed E-state index contributed by atoms with van der Waals surface area (Å²) in [5.41, 5.74) is 1.02. The number of aromatic nitrogens is 2. The fourth-order valence-electron chi connectivity index (χ4n) is 2.44. The smallest absolute Gasteiger partial charge is 0.244 e. The lowest BCUT2D eigenvalue weighted by atomic mass is 10.2. The molecule has 1 saturated heterocycles. The van der Waals surface area contributed by atoms with Gasteiger partial charge in [0.25, 0.3) is 0 Å². The second-order valence-electron chi connectivity index (χ2n) is 5.05. The van der Waals surface area contributed by atoms with Gasteiger partial charge in [-0.1, -0.05) is 18.2 Å². The Kier molecular flexibility index (Phi) is 3.21. The number of piperazine rings is 1. The van der Waals surface area contributed by atoms with Crippen LogP contribution in [-0.4, -0.2) is 58.7 Å². The molecule has 1 fully saturated rings. The molecular formula is C14H18N4O. The average Bonchev–Trinajstić information content (AvgIpc) is 2.83. The Bertz CT molecular complexity index is 584. The summed E-state index contributed by atoms with van der Waals surface area (Å²) in [6.45, 7) is 3.86. The van der Waals surface area contributed by atoms with Crippen LogP contribution in [0.2, 0.25) is 0 Å². The highest BCUT2D eigenvalue weighted by molar-refractivity contribution is 5.82. The summed E-state index contributed by atoms with van der Waals surface area (Å²) in [7, 11) is 2.09. The summed E-state index contributed by atoms with van der Waals surface area (Å²) in [6, 6.07) is 7.97. The molecule has 1 aliphatic rings. The Hall–Kier alpha value is -1.88. The number of hydrogen-bond acceptors (Lipinski definition) is 3. The minimum absolute atomic E-state index is 0.155. The van der Waals surface area contributed by atoms with E-state index in [1.807, 2.05) is 35.4 Å². The topological polar surface area (TPSA) is 41.4 Å². The minimum atomic E-state index is 0.155. The van der Waals surface area contributed by atoms with Gasteiger partial charge in [-0.15, -0.1) is 0 Å². The zero-order valence-electron chi connectivity index (χ0n) is 11.1. The molecule has 0 saturated carbocycles. The third kappa shape index (κ3) is 2.46. The monoisotopic (exact) mass is 258 g/mol. The summed E-state index contributed by atoms with van der Waals surface area (Å²) in [5.74, 6) is 0.155. The molecule has 0 spiro atoms. The first-order valence-corrected chi connectivity index (χ1v) is 6.61. The van der Waals surface area contributed by atoms with Crippen molar-refractivity contribution < 1.29 is 4.79 Å². The van der Waals surface area contributed by atoms with E-state index in [1.165, 1.54) is 0 Å². The first-order valence-electron chi connectivity index (χ1n) is 6.61. The molecule has 19 heavy (non-hydrogen) atoms. The molecule has 3 rings (SSSR count). The summed E-state index contributed by atoms with van der Waals surface area (Å²) in [4.78, 5) is 16.4. The van der Waals surface area contributed by atoms with Gasteiger partial charge < -0.3 is 9.80 Å². The molecule has 0 aliphatic carbocycles. The number of likely N-dealkylation sites (N-methyl/N-ethyl adjacent to an activating group) is 1. The van der Waals surface area contributed by atoms with Crippen LogP contribution in [0.4, 0.5) is 0 Å². The number of para-hydroxylation sites is 1. The first-order chi connectivity index (χ1) is 9.24. The van der Waals surface area contributed by atoms with Crippen LogP contribution in [0.25, 0.3) is 10.9 Å². The predicted octanol–water partition coefficient (Wildman–Crippen LogP) is 0.810. The number of amides is 1. The standard InChI is InChI=1S/C14H18N4O/c1-16-6-8-17(9-7-16)14(19)11-18-13-5-3-2-4-12(13)10-15-18/h2-5,10H,6-9,11H2,1H3. The van der Waals surface area contributed by atoms with E-state index in [0.717, 1.165) is 37.1 Å². The molecule has 100 valence electrons. The summed E-state index contributed by atoms with van der Waals surface area (Å²) in [6.07, 6.45) is 1.81. The lowest BCUT2D eigenvalue weighted by Gasteiger charge is -2.32. The molecule has 2 aromatic rings. The summed E-state index contributed by atoms with van der Waals surface area (Å²) < 4.78 is 1.79. The fraction of sp³-hybridized carbons (Fsp3) is 0.429. The molecule has 1 aliphatic heterocycles. The number of rotatable bonds is 2. The molecule has 1 aromatic carbocycles. The number of fused-ring (bicyclic) bond motifs is 1. The Morgan fingerprint density at radius 3 is 2.74 bits per heavy atom. The zero-order chi connectivity index (χ0) is 13.2. The Balaban J connectivity index is 1.72. The molecule has 1 amide bonds. The van der Waals surface area contributed by atoms with Gasteiger partial charge in [-0.2, -0.15) is 5.10 Å². The highest BCUT2D eigenvalue weighted by Gasteiger charge is 2.19. The highest BCUT2D eigenvalue weighted by atomic mass is 16.2. The average molecular weight is 258 g/mol. The molecule has 0 bridgehead atoms. The highest BCUT2D eigenvalue weighted by Crippen LogP contribution is 2.13. The van der Waals surface area contributed by atoms with E-state index in [0.29, 0.717) is 6.54 Å². The predicted molar refractivity (Wildman–Crippen MR) is 73.8 cm³/mol. The van der Waals surface area contributed by atoms with Crippen LogP contribution in [0.1, 0.15) is 0 Å². The van der Waals surface area contributed by atoms with Gasteiger partial charge in [0.1, 0.15) is 6.54 Å². The van der Waals surface area contributed by atoms with Crippen molar-refractivity contribution in [2.24, 2.45) is 0 Å². The SMILES string of the molecule is CN1CCN(C(=O)Cn2ncc3ccccc32)CC1. The van der Waals surface area contributed by atoms with Crippen LogP contribution < -0.4 is 0 Å². The third-order valence-corrected chi connectivity index (χ3v) is 3.69. The molecule has 0 radical (unpaired) electrons. The van der Waals surface area contributed by atoms with Gasteiger partial charge in [-0.25, -0.2) is 0 Å². The van der Waals surface area contributed by atoms with Crippen molar-refractivity contribution in [2.45, 2.75) is 6.54 Å². The number of carbonyl (C=O) groups excluding carboxylic acids is 1. The number of nitrogens with zero attached hydrogens (tertiary/aromatic N) is 4. The van der Waals surface area contributed by atoms with Gasteiger partial charge in [-0.05, 0) is 13.1 Å². The van der Waals surface area contributed by atoms with Crippen molar-refractivity contribution >= 4 is 16.8 Å². The van der Waals surface area contributed by atoms with Crippen LogP contribution in [0.5, 0.6) is 0 Å². The molecule has 1 aromatic heterocycles. The minimum Gasteiger partial charge on any atom is -0.339 e. The van der Waals surface area contributed by atoms with Crippen LogP contribution >= 0.6 is 0 Å². The van der Waals surface area contributed by atoms with Gasteiger partial charge in [0.05, 0.1) is 11.7 Å². The number of benzene rings is 1. The maximum Gasteiger partial charge on any atom is 0.244 e. The van der Waals surface area contributed by atoms with Crippen LogP contribution in [0.15, 0.2) is 30.5 Å². The molecule has 0 N–H and O–H groups in total. The van der Waals surface area contributed by atoms with E-state index in [1.54, 1.807) is 4.68 Å². The van der Waals surface area contributed by atoms with Crippen LogP contribution in [0, 0.1) is 0 Å². The Labute approximate surface area is 112 Å². The van der Waals surface area contributed by atoms with Crippen molar-refractivity contribution in [1.82, 2.24) is 19.6 Å². The lowest BCUT2D eigenvalue weighted by molar-refractivity contribution is -0.133. The Morgan fingerprint density at radius 1 is 1.21 bits per heavy atom. The van der Waals surface area contributed by atoms with Crippen molar-refractivity contribution in [3.05, 3.63) is 30.5 Å². The maximum atomic E-state index is 12.3. The quantitative estimate of drug-likeness (QED) is 0.800. The zero-order valence-corrected chi connectivity index (χ0v) is 11.1. The summed E-state index contributed by atoms with van der Waals surface area (Å²) >= 11 is 0. The van der Waals surface area contributed by atoms with Crippen LogP contribution in [0.3, 0.4) is 0 Å². The second-order valence-corrected chi connectivity index (χ2v) is 5.05. The molecular weight excluding hydrogens is 240 g/mol. The van der Waals surface area contributed by atoms with Gasteiger partial charge in [0.15, 0.2) is 0 Å². The molecule has 2 heterocycles. The van der Waals surface area contributed by atoms with Gasteiger partial charge in [-0.3, -0.25) is 9.48 Å². The van der Waals surface area contributed by atoms with Crippen molar-refractivity contribution in [2.75, 3.05) is 33.2 Å². The van der Waals surface area contributed by atoms with E-state index in [4.69, 9.17) is 0 Å². The maximum absolute atomic E-state index is 12.3. The first kappa shape index (κ1) is 12.2. The normalized spacial score (nSPS) is 17.0. The number of carbonyl (C=O) groups is 1. The van der Waals surface area contributed by atoms with Gasteiger partial charge in [0.2, 0.25) is 5.91 Å². The van der Waals surface area contributed by atoms with Crippen LogP contribution in [-0.2, 0) is 11.3 Å². The molecule has 0 atom stereocenters. The van der Waals surface area contributed by atoms with Crippen molar-refractivity contribution in [3.63, 3.8) is 0 Å². The lowest BCUT2D eigenvalue weighted by Crippen LogP contribution is -2.48. The largest absolute Gasteiger partial charge is 0.339 e. The van der Waals surface area contributed by atoms with E-state index >= 15 is 0 Å². The molecule has 0 unspecified atom stereocenters.